The summed E-state index contributed by atoms with van der Waals surface area (Å²) < 4.78 is 29.8. The smallest absolute Gasteiger partial charge is 0.243 e. The lowest BCUT2D eigenvalue weighted by Crippen LogP contribution is -2.22. The van der Waals surface area contributed by atoms with E-state index in [2.05, 4.69) is 25.6 Å². The van der Waals surface area contributed by atoms with E-state index in [1.54, 1.807) is 24.5 Å². The lowest BCUT2D eigenvalue weighted by Gasteiger charge is -2.12. The van der Waals surface area contributed by atoms with Crippen molar-refractivity contribution in [1.82, 2.24) is 20.3 Å². The number of rotatable bonds is 11. The second-order valence-corrected chi connectivity index (χ2v) is 8.53. The number of aryl methyl sites for hydroxylation is 1. The average molecular weight is 479 g/mol. The van der Waals surface area contributed by atoms with Crippen molar-refractivity contribution in [3.05, 3.63) is 71.6 Å². The molecule has 35 heavy (non-hydrogen) atoms. The van der Waals surface area contributed by atoms with Gasteiger partial charge in [0.2, 0.25) is 11.9 Å². The normalized spacial score (nSPS) is 13.2. The second-order valence-electron chi connectivity index (χ2n) is 8.53. The van der Waals surface area contributed by atoms with E-state index < -0.39 is 11.6 Å². The molecular weight excluding hydrogens is 450 g/mol. The molecule has 1 fully saturated rings. The SMILES string of the molecule is Nc1nc(NC2CC2)cc(-c2c(F)ccc(CCCCCNC(=O)/C=C/c3cccnc3)c2F)n1. The Hall–Kier alpha value is -3.88. The fraction of sp³-hybridized carbons (Fsp3) is 0.308. The Morgan fingerprint density at radius 2 is 2.00 bits per heavy atom. The summed E-state index contributed by atoms with van der Waals surface area (Å²) in [6.45, 7) is 0.518. The lowest BCUT2D eigenvalue weighted by atomic mass is 10.0. The largest absolute Gasteiger partial charge is 0.368 e. The van der Waals surface area contributed by atoms with Gasteiger partial charge in [-0.1, -0.05) is 18.6 Å². The molecule has 0 bridgehead atoms. The van der Waals surface area contributed by atoms with Crippen LogP contribution in [0.25, 0.3) is 17.3 Å². The van der Waals surface area contributed by atoms with Crippen molar-refractivity contribution in [2.24, 2.45) is 0 Å². The van der Waals surface area contributed by atoms with Gasteiger partial charge in [0.25, 0.3) is 0 Å². The Bertz CT molecular complexity index is 1200. The first kappa shape index (κ1) is 24.3. The summed E-state index contributed by atoms with van der Waals surface area (Å²) in [5, 5.41) is 6.01. The number of nitrogen functional groups attached to an aromatic ring is 1. The van der Waals surface area contributed by atoms with Crippen LogP contribution in [0.4, 0.5) is 20.5 Å². The van der Waals surface area contributed by atoms with Gasteiger partial charge in [0.1, 0.15) is 17.5 Å². The third kappa shape index (κ3) is 7.05. The van der Waals surface area contributed by atoms with Crippen LogP contribution in [0.2, 0.25) is 0 Å². The number of unbranched alkanes of at least 4 members (excludes halogenated alkanes) is 2. The minimum atomic E-state index is -0.691. The fourth-order valence-corrected chi connectivity index (χ4v) is 3.66. The monoisotopic (exact) mass is 478 g/mol. The van der Waals surface area contributed by atoms with E-state index in [9.17, 15) is 9.18 Å². The molecule has 0 atom stereocenters. The number of nitrogens with one attached hydrogen (secondary N) is 2. The molecule has 2 aromatic heterocycles. The Kier molecular flexibility index (Phi) is 7.97. The number of amides is 1. The number of aromatic nitrogens is 3. The van der Waals surface area contributed by atoms with Gasteiger partial charge in [-0.3, -0.25) is 9.78 Å². The first-order valence-corrected chi connectivity index (χ1v) is 11.7. The number of carbonyl (C=O) groups is 1. The van der Waals surface area contributed by atoms with Gasteiger partial charge in [0.15, 0.2) is 0 Å². The van der Waals surface area contributed by atoms with Gasteiger partial charge in [0.05, 0.1) is 11.3 Å². The highest BCUT2D eigenvalue weighted by Gasteiger charge is 2.23. The molecule has 182 valence electrons. The summed E-state index contributed by atoms with van der Waals surface area (Å²) in [6, 6.07) is 8.24. The zero-order valence-electron chi connectivity index (χ0n) is 19.3. The zero-order valence-corrected chi connectivity index (χ0v) is 19.3. The molecule has 9 heteroatoms. The van der Waals surface area contributed by atoms with Gasteiger partial charge >= 0.3 is 0 Å². The first-order chi connectivity index (χ1) is 17.0. The predicted octanol–water partition coefficient (Wildman–Crippen LogP) is 4.52. The summed E-state index contributed by atoms with van der Waals surface area (Å²) in [5.74, 6) is -1.07. The van der Waals surface area contributed by atoms with Gasteiger partial charge in [-0.05, 0) is 61.4 Å². The van der Waals surface area contributed by atoms with Crippen molar-refractivity contribution < 1.29 is 13.6 Å². The van der Waals surface area contributed by atoms with E-state index >= 15 is 4.39 Å². The third-order valence-electron chi connectivity index (χ3n) is 5.63. The maximum absolute atomic E-state index is 15.2. The number of anilines is 2. The standard InChI is InChI=1S/C26H28F2N6O/c27-20-11-8-18(6-2-1-3-14-31-23(35)12-7-17-5-4-13-30-16-17)25(28)24(20)21-15-22(32-19-9-10-19)34-26(29)33-21/h4-5,7-8,11-13,15-16,19H,1-3,6,9-10,14H2,(H,31,35)(H3,29,32,33,34)/b12-7+. The molecule has 1 amide bonds. The number of benzene rings is 1. The van der Waals surface area contributed by atoms with Crippen molar-refractivity contribution in [2.45, 2.75) is 44.6 Å². The topological polar surface area (TPSA) is 106 Å². The molecule has 0 spiro atoms. The molecule has 1 aliphatic carbocycles. The van der Waals surface area contributed by atoms with Crippen LogP contribution in [0.1, 0.15) is 43.2 Å². The highest BCUT2D eigenvalue weighted by atomic mass is 19.1. The molecule has 0 radical (unpaired) electrons. The Labute approximate surface area is 202 Å². The molecule has 2 heterocycles. The molecule has 3 aromatic rings. The van der Waals surface area contributed by atoms with Crippen molar-refractivity contribution >= 4 is 23.7 Å². The quantitative estimate of drug-likeness (QED) is 0.277. The minimum absolute atomic E-state index is 0.0350. The highest BCUT2D eigenvalue weighted by molar-refractivity contribution is 5.91. The lowest BCUT2D eigenvalue weighted by molar-refractivity contribution is -0.116. The van der Waals surface area contributed by atoms with Gasteiger partial charge in [-0.25, -0.2) is 13.8 Å². The van der Waals surface area contributed by atoms with Gasteiger partial charge in [-0.2, -0.15) is 4.98 Å². The Morgan fingerprint density at radius 1 is 1.14 bits per heavy atom. The van der Waals surface area contributed by atoms with E-state index in [0.29, 0.717) is 36.8 Å². The van der Waals surface area contributed by atoms with Crippen LogP contribution in [0, 0.1) is 11.6 Å². The van der Waals surface area contributed by atoms with E-state index in [1.165, 1.54) is 24.3 Å². The average Bonchev–Trinajstić information content (AvgIpc) is 3.65. The van der Waals surface area contributed by atoms with Crippen LogP contribution in [0.15, 0.2) is 48.8 Å². The molecule has 1 aromatic carbocycles. The summed E-state index contributed by atoms with van der Waals surface area (Å²) in [5.41, 5.74) is 6.98. The van der Waals surface area contributed by atoms with E-state index in [4.69, 9.17) is 5.73 Å². The number of nitrogens with two attached hydrogens (primary N) is 1. The molecule has 4 rings (SSSR count). The number of hydrogen-bond donors (Lipinski definition) is 3. The maximum Gasteiger partial charge on any atom is 0.243 e. The number of nitrogens with zero attached hydrogens (tertiary/aromatic N) is 3. The van der Waals surface area contributed by atoms with Crippen LogP contribution in [-0.2, 0) is 11.2 Å². The Morgan fingerprint density at radius 3 is 2.77 bits per heavy atom. The van der Waals surface area contributed by atoms with Crippen LogP contribution < -0.4 is 16.4 Å². The first-order valence-electron chi connectivity index (χ1n) is 11.7. The number of pyridine rings is 1. The molecule has 0 saturated heterocycles. The van der Waals surface area contributed by atoms with Crippen molar-refractivity contribution in [2.75, 3.05) is 17.6 Å². The van der Waals surface area contributed by atoms with E-state index in [-0.39, 0.29) is 23.1 Å². The van der Waals surface area contributed by atoms with Crippen LogP contribution >= 0.6 is 0 Å². The van der Waals surface area contributed by atoms with Crippen molar-refractivity contribution in [3.8, 4) is 11.3 Å². The zero-order chi connectivity index (χ0) is 24.6. The molecule has 1 aliphatic rings. The molecular formula is C26H28F2N6O. The van der Waals surface area contributed by atoms with Crippen LogP contribution in [-0.4, -0.2) is 33.4 Å². The highest BCUT2D eigenvalue weighted by Crippen LogP contribution is 2.31. The number of hydrogen-bond acceptors (Lipinski definition) is 6. The van der Waals surface area contributed by atoms with Gasteiger partial charge in [0, 0.05) is 37.1 Å². The number of carbonyl (C=O) groups excluding carboxylic acids is 1. The van der Waals surface area contributed by atoms with Crippen molar-refractivity contribution in [1.29, 1.82) is 0 Å². The Balaban J connectivity index is 1.28. The summed E-state index contributed by atoms with van der Waals surface area (Å²) >= 11 is 0. The van der Waals surface area contributed by atoms with Crippen LogP contribution in [0.3, 0.4) is 0 Å². The second kappa shape index (κ2) is 11.5. The third-order valence-corrected chi connectivity index (χ3v) is 5.63. The van der Waals surface area contributed by atoms with E-state index in [1.807, 2.05) is 6.07 Å². The molecule has 0 aliphatic heterocycles. The predicted molar refractivity (Wildman–Crippen MR) is 132 cm³/mol. The van der Waals surface area contributed by atoms with Gasteiger partial charge in [-0.15, -0.1) is 0 Å². The van der Waals surface area contributed by atoms with Gasteiger partial charge < -0.3 is 16.4 Å². The summed E-state index contributed by atoms with van der Waals surface area (Å²) in [4.78, 5) is 24.1. The number of halogens is 2. The maximum atomic E-state index is 15.2. The molecule has 7 nitrogen and oxygen atoms in total. The van der Waals surface area contributed by atoms with Crippen LogP contribution in [0.5, 0.6) is 0 Å². The minimum Gasteiger partial charge on any atom is -0.368 e. The fourth-order valence-electron chi connectivity index (χ4n) is 3.66. The molecule has 0 unspecified atom stereocenters. The molecule has 4 N–H and O–H groups in total. The molecule has 1 saturated carbocycles. The summed E-state index contributed by atoms with van der Waals surface area (Å²) in [6.07, 6.45) is 11.3. The van der Waals surface area contributed by atoms with Crippen molar-refractivity contribution in [3.63, 3.8) is 0 Å². The summed E-state index contributed by atoms with van der Waals surface area (Å²) in [7, 11) is 0. The van der Waals surface area contributed by atoms with E-state index in [0.717, 1.165) is 31.2 Å².